The molecule has 8 heteroatoms. The molecule has 0 saturated carbocycles. The van der Waals surface area contributed by atoms with E-state index in [1.54, 1.807) is 38.2 Å². The maximum atomic E-state index is 12.7. The van der Waals surface area contributed by atoms with Gasteiger partial charge in [0.05, 0.1) is 10.6 Å². The molecule has 1 heterocycles. The average Bonchev–Trinajstić information content (AvgIpc) is 3.22. The summed E-state index contributed by atoms with van der Waals surface area (Å²) in [5, 5.41) is 9.61. The highest BCUT2D eigenvalue weighted by atomic mass is 32.2. The fourth-order valence-corrected chi connectivity index (χ4v) is 4.04. The number of carbonyl (C=O) groups excluding carboxylic acids is 1. The lowest BCUT2D eigenvalue weighted by Crippen LogP contribution is -2.33. The highest BCUT2D eigenvalue weighted by Gasteiger charge is 2.24. The van der Waals surface area contributed by atoms with Crippen LogP contribution < -0.4 is 5.32 Å². The van der Waals surface area contributed by atoms with Gasteiger partial charge in [-0.2, -0.15) is 9.40 Å². The van der Waals surface area contributed by atoms with Crippen LogP contribution in [0.15, 0.2) is 65.7 Å². The highest BCUT2D eigenvalue weighted by molar-refractivity contribution is 7.89. The second-order valence-corrected chi connectivity index (χ2v) is 8.65. The van der Waals surface area contributed by atoms with Gasteiger partial charge in [-0.25, -0.2) is 8.42 Å². The van der Waals surface area contributed by atoms with Crippen LogP contribution in [0.2, 0.25) is 0 Å². The topological polar surface area (TPSA) is 95.2 Å². The number of rotatable bonds is 6. The van der Waals surface area contributed by atoms with E-state index in [1.807, 2.05) is 24.3 Å². The first-order chi connectivity index (χ1) is 13.3. The van der Waals surface area contributed by atoms with Gasteiger partial charge in [0.2, 0.25) is 10.0 Å². The summed E-state index contributed by atoms with van der Waals surface area (Å²) >= 11 is 0. The second kappa shape index (κ2) is 7.95. The van der Waals surface area contributed by atoms with Crippen molar-refractivity contribution in [1.82, 2.24) is 14.5 Å². The molecule has 0 bridgehead atoms. The SMILES string of the molecule is CC(C)N(C)S(=O)(=O)c1cccc(C(=O)Nc2cccc(-c3ccn[nH]3)c2)c1. The number of hydrogen-bond donors (Lipinski definition) is 2. The fourth-order valence-electron chi connectivity index (χ4n) is 2.63. The monoisotopic (exact) mass is 398 g/mol. The normalized spacial score (nSPS) is 11.8. The van der Waals surface area contributed by atoms with E-state index in [4.69, 9.17) is 0 Å². The van der Waals surface area contributed by atoms with E-state index in [9.17, 15) is 13.2 Å². The van der Waals surface area contributed by atoms with Gasteiger partial charge in [-0.3, -0.25) is 9.89 Å². The van der Waals surface area contributed by atoms with Crippen molar-refractivity contribution in [3.05, 3.63) is 66.4 Å². The maximum absolute atomic E-state index is 12.7. The number of amides is 1. The molecule has 0 fully saturated rings. The Morgan fingerprint density at radius 3 is 2.54 bits per heavy atom. The maximum Gasteiger partial charge on any atom is 0.255 e. The number of aromatic amines is 1. The number of H-pyrrole nitrogens is 1. The molecule has 0 atom stereocenters. The lowest BCUT2D eigenvalue weighted by Gasteiger charge is -2.21. The molecule has 0 aliphatic rings. The zero-order valence-electron chi connectivity index (χ0n) is 15.9. The Hall–Kier alpha value is -2.97. The number of anilines is 1. The molecule has 2 aromatic carbocycles. The van der Waals surface area contributed by atoms with Crippen LogP contribution in [0.25, 0.3) is 11.3 Å². The Balaban J connectivity index is 1.84. The smallest absolute Gasteiger partial charge is 0.255 e. The van der Waals surface area contributed by atoms with Gasteiger partial charge < -0.3 is 5.32 Å². The number of nitrogens with zero attached hydrogens (tertiary/aromatic N) is 2. The van der Waals surface area contributed by atoms with Crippen molar-refractivity contribution in [3.8, 4) is 11.3 Å². The van der Waals surface area contributed by atoms with Gasteiger partial charge in [-0.1, -0.05) is 18.2 Å². The van der Waals surface area contributed by atoms with Crippen molar-refractivity contribution in [2.24, 2.45) is 0 Å². The molecule has 0 aliphatic carbocycles. The van der Waals surface area contributed by atoms with Crippen LogP contribution in [-0.4, -0.2) is 41.9 Å². The molecule has 0 unspecified atom stereocenters. The van der Waals surface area contributed by atoms with Crippen LogP contribution in [0, 0.1) is 0 Å². The number of aromatic nitrogens is 2. The summed E-state index contributed by atoms with van der Waals surface area (Å²) in [5.41, 5.74) is 2.58. The number of carbonyl (C=O) groups is 1. The molecule has 3 aromatic rings. The minimum atomic E-state index is -3.66. The minimum Gasteiger partial charge on any atom is -0.322 e. The summed E-state index contributed by atoms with van der Waals surface area (Å²) in [5.74, 6) is -0.383. The number of nitrogens with one attached hydrogen (secondary N) is 2. The molecule has 0 spiro atoms. The van der Waals surface area contributed by atoms with Gasteiger partial charge in [-0.15, -0.1) is 0 Å². The van der Waals surface area contributed by atoms with E-state index in [-0.39, 0.29) is 22.4 Å². The van der Waals surface area contributed by atoms with Crippen LogP contribution in [0.5, 0.6) is 0 Å². The molecule has 1 amide bonds. The van der Waals surface area contributed by atoms with E-state index in [0.717, 1.165) is 11.3 Å². The van der Waals surface area contributed by atoms with E-state index >= 15 is 0 Å². The third-order valence-electron chi connectivity index (χ3n) is 4.43. The van der Waals surface area contributed by atoms with E-state index in [0.29, 0.717) is 5.69 Å². The molecular weight excluding hydrogens is 376 g/mol. The van der Waals surface area contributed by atoms with Gasteiger partial charge in [-0.05, 0) is 50.2 Å². The van der Waals surface area contributed by atoms with Crippen molar-refractivity contribution in [3.63, 3.8) is 0 Å². The quantitative estimate of drug-likeness (QED) is 0.666. The van der Waals surface area contributed by atoms with Crippen molar-refractivity contribution in [2.45, 2.75) is 24.8 Å². The van der Waals surface area contributed by atoms with Crippen LogP contribution in [0.4, 0.5) is 5.69 Å². The summed E-state index contributed by atoms with van der Waals surface area (Å²) in [6.07, 6.45) is 1.65. The minimum absolute atomic E-state index is 0.0857. The third-order valence-corrected chi connectivity index (χ3v) is 6.46. The molecule has 146 valence electrons. The van der Waals surface area contributed by atoms with E-state index in [2.05, 4.69) is 15.5 Å². The fraction of sp³-hybridized carbons (Fsp3) is 0.200. The first-order valence-corrected chi connectivity index (χ1v) is 10.2. The second-order valence-electron chi connectivity index (χ2n) is 6.65. The van der Waals surface area contributed by atoms with Crippen molar-refractivity contribution >= 4 is 21.6 Å². The molecule has 1 aromatic heterocycles. The number of sulfonamides is 1. The van der Waals surface area contributed by atoms with Crippen LogP contribution in [0.1, 0.15) is 24.2 Å². The van der Waals surface area contributed by atoms with Gasteiger partial charge in [0, 0.05) is 36.1 Å². The van der Waals surface area contributed by atoms with Gasteiger partial charge in [0.15, 0.2) is 0 Å². The Kier molecular flexibility index (Phi) is 5.62. The predicted octanol–water partition coefficient (Wildman–Crippen LogP) is 3.36. The lowest BCUT2D eigenvalue weighted by molar-refractivity contribution is 0.102. The van der Waals surface area contributed by atoms with Gasteiger partial charge in [0.25, 0.3) is 5.91 Å². The molecule has 3 rings (SSSR count). The van der Waals surface area contributed by atoms with Crippen LogP contribution in [-0.2, 0) is 10.0 Å². The Morgan fingerprint density at radius 2 is 1.86 bits per heavy atom. The molecule has 2 N–H and O–H groups in total. The lowest BCUT2D eigenvalue weighted by atomic mass is 10.1. The zero-order valence-corrected chi connectivity index (χ0v) is 16.7. The summed E-state index contributed by atoms with van der Waals surface area (Å²) in [6.45, 7) is 3.58. The van der Waals surface area contributed by atoms with Gasteiger partial charge in [0.1, 0.15) is 0 Å². The first-order valence-electron chi connectivity index (χ1n) is 8.78. The summed E-state index contributed by atoms with van der Waals surface area (Å²) < 4.78 is 26.6. The summed E-state index contributed by atoms with van der Waals surface area (Å²) in [7, 11) is -2.14. The molecule has 0 saturated heterocycles. The summed E-state index contributed by atoms with van der Waals surface area (Å²) in [4.78, 5) is 12.7. The van der Waals surface area contributed by atoms with Crippen LogP contribution in [0.3, 0.4) is 0 Å². The van der Waals surface area contributed by atoms with Gasteiger partial charge >= 0.3 is 0 Å². The largest absolute Gasteiger partial charge is 0.322 e. The Labute approximate surface area is 164 Å². The third kappa shape index (κ3) is 4.13. The molecule has 28 heavy (non-hydrogen) atoms. The van der Waals surface area contributed by atoms with E-state index < -0.39 is 10.0 Å². The van der Waals surface area contributed by atoms with Crippen LogP contribution >= 0.6 is 0 Å². The Bertz CT molecular complexity index is 1080. The molecular formula is C20H22N4O3S. The van der Waals surface area contributed by atoms with Crippen molar-refractivity contribution in [2.75, 3.05) is 12.4 Å². The number of benzene rings is 2. The highest BCUT2D eigenvalue weighted by Crippen LogP contribution is 2.22. The van der Waals surface area contributed by atoms with Crippen molar-refractivity contribution in [1.29, 1.82) is 0 Å². The summed E-state index contributed by atoms with van der Waals surface area (Å²) in [6, 6.07) is 15.0. The molecule has 0 aliphatic heterocycles. The average molecular weight is 398 g/mol. The number of hydrogen-bond acceptors (Lipinski definition) is 4. The zero-order chi connectivity index (χ0) is 20.3. The first kappa shape index (κ1) is 19.8. The van der Waals surface area contributed by atoms with Crippen molar-refractivity contribution < 1.29 is 13.2 Å². The standard InChI is InChI=1S/C20H22N4O3S/c1-14(2)24(3)28(26,27)18-9-5-7-16(13-18)20(25)22-17-8-4-6-15(12-17)19-10-11-21-23-19/h4-14H,1-3H3,(H,21,23)(H,22,25). The molecule has 7 nitrogen and oxygen atoms in total. The predicted molar refractivity (Wildman–Crippen MR) is 109 cm³/mol. The Morgan fingerprint density at radius 1 is 1.11 bits per heavy atom. The molecule has 0 radical (unpaired) electrons. The van der Waals surface area contributed by atoms with E-state index in [1.165, 1.54) is 23.5 Å².